The molecule has 0 spiro atoms. The van der Waals surface area contributed by atoms with Crippen molar-refractivity contribution >= 4 is 0 Å². The van der Waals surface area contributed by atoms with Crippen LogP contribution in [0.25, 0.3) is 0 Å². The normalized spacial score (nSPS) is 14.9. The number of hydrogen-bond donors (Lipinski definition) is 4. The zero-order valence-electron chi connectivity index (χ0n) is 14.0. The maximum atomic E-state index is 9.65. The second kappa shape index (κ2) is 13.4. The lowest BCUT2D eigenvalue weighted by Gasteiger charge is -2.35. The fourth-order valence-corrected chi connectivity index (χ4v) is 2.75. The van der Waals surface area contributed by atoms with E-state index in [-0.39, 0.29) is 6.10 Å². The van der Waals surface area contributed by atoms with E-state index >= 15 is 0 Å². The fourth-order valence-electron chi connectivity index (χ4n) is 2.75. The molecule has 0 aromatic rings. The molecule has 0 aliphatic heterocycles. The van der Waals surface area contributed by atoms with Gasteiger partial charge in [0.25, 0.3) is 0 Å². The molecule has 6 heteroatoms. The van der Waals surface area contributed by atoms with E-state index in [4.69, 9.17) is 17.2 Å². The second-order valence-corrected chi connectivity index (χ2v) is 5.81. The number of hydrogen-bond acceptors (Lipinski definition) is 6. The van der Waals surface area contributed by atoms with Crippen LogP contribution in [0, 0.1) is 0 Å². The molecule has 0 amide bonds. The summed E-state index contributed by atoms with van der Waals surface area (Å²) in [4.78, 5) is 4.65. The summed E-state index contributed by atoms with van der Waals surface area (Å²) in [6.07, 6.45) is 3.18. The van der Waals surface area contributed by atoms with E-state index in [0.717, 1.165) is 32.6 Å². The van der Waals surface area contributed by atoms with Crippen molar-refractivity contribution in [2.75, 3.05) is 52.4 Å². The van der Waals surface area contributed by atoms with Gasteiger partial charge >= 0.3 is 0 Å². The monoisotopic (exact) mass is 303 g/mol. The van der Waals surface area contributed by atoms with E-state index in [1.807, 2.05) is 6.92 Å². The predicted octanol–water partition coefficient (Wildman–Crippen LogP) is -0.594. The molecular weight excluding hydrogens is 266 g/mol. The number of rotatable bonds is 14. The van der Waals surface area contributed by atoms with Crippen LogP contribution in [-0.4, -0.2) is 79.4 Å². The molecule has 2 unspecified atom stereocenters. The van der Waals surface area contributed by atoms with Crippen molar-refractivity contribution in [2.45, 2.75) is 45.3 Å². The Balaban J connectivity index is 4.72. The second-order valence-electron chi connectivity index (χ2n) is 5.81. The number of aliphatic hydroxyl groups is 1. The topological polar surface area (TPSA) is 105 Å². The van der Waals surface area contributed by atoms with Crippen molar-refractivity contribution < 1.29 is 5.11 Å². The minimum Gasteiger partial charge on any atom is -0.392 e. The third kappa shape index (κ3) is 10.2. The molecule has 128 valence electrons. The van der Waals surface area contributed by atoms with Crippen LogP contribution in [0.15, 0.2) is 0 Å². The Bertz CT molecular complexity index is 222. The van der Waals surface area contributed by atoms with Crippen molar-refractivity contribution in [3.63, 3.8) is 0 Å². The summed E-state index contributed by atoms with van der Waals surface area (Å²) in [6.45, 7) is 10.1. The van der Waals surface area contributed by atoms with Crippen LogP contribution < -0.4 is 17.2 Å². The Morgan fingerprint density at radius 3 is 1.95 bits per heavy atom. The highest BCUT2D eigenvalue weighted by Gasteiger charge is 2.20. The summed E-state index contributed by atoms with van der Waals surface area (Å²) >= 11 is 0. The first-order valence-corrected chi connectivity index (χ1v) is 8.33. The van der Waals surface area contributed by atoms with Gasteiger partial charge in [0.2, 0.25) is 0 Å². The number of nitrogens with zero attached hydrogens (tertiary/aromatic N) is 2. The lowest BCUT2D eigenvalue weighted by molar-refractivity contribution is 0.0913. The molecule has 0 heterocycles. The molecule has 0 aliphatic carbocycles. The van der Waals surface area contributed by atoms with E-state index < -0.39 is 0 Å². The number of unbranched alkanes of at least 4 members (excludes halogenated alkanes) is 1. The van der Waals surface area contributed by atoms with Gasteiger partial charge in [0.1, 0.15) is 0 Å². The third-order valence-corrected chi connectivity index (χ3v) is 3.68. The Morgan fingerprint density at radius 1 is 0.952 bits per heavy atom. The van der Waals surface area contributed by atoms with Crippen LogP contribution in [0.3, 0.4) is 0 Å². The van der Waals surface area contributed by atoms with Gasteiger partial charge in [-0.2, -0.15) is 0 Å². The maximum Gasteiger partial charge on any atom is 0.0639 e. The molecule has 0 radical (unpaired) electrons. The summed E-state index contributed by atoms with van der Waals surface area (Å²) < 4.78 is 0. The summed E-state index contributed by atoms with van der Waals surface area (Å²) in [6, 6.07) is 0.433. The van der Waals surface area contributed by atoms with E-state index in [1.165, 1.54) is 12.8 Å². The summed E-state index contributed by atoms with van der Waals surface area (Å²) in [5.74, 6) is 0. The van der Waals surface area contributed by atoms with Gasteiger partial charge in [-0.05, 0) is 13.3 Å². The van der Waals surface area contributed by atoms with Gasteiger partial charge < -0.3 is 22.3 Å². The standard InChI is InChI=1S/C15H37N5O/c1-3-4-5-15(20(10-7-17)11-8-18)13-19(9-6-16)12-14(2)21/h14-15,21H,3-13,16-18H2,1-2H3. The smallest absolute Gasteiger partial charge is 0.0639 e. The first-order chi connectivity index (χ1) is 10.1. The minimum atomic E-state index is -0.333. The first-order valence-electron chi connectivity index (χ1n) is 8.33. The van der Waals surface area contributed by atoms with E-state index in [9.17, 15) is 5.11 Å². The highest BCUT2D eigenvalue weighted by atomic mass is 16.3. The van der Waals surface area contributed by atoms with Crippen molar-refractivity contribution in [2.24, 2.45) is 17.2 Å². The molecule has 2 atom stereocenters. The van der Waals surface area contributed by atoms with Gasteiger partial charge in [-0.15, -0.1) is 0 Å². The van der Waals surface area contributed by atoms with Crippen LogP contribution in [0.4, 0.5) is 0 Å². The lowest BCUT2D eigenvalue weighted by atomic mass is 10.1. The molecule has 0 aromatic carbocycles. The fraction of sp³-hybridized carbons (Fsp3) is 1.00. The Hall–Kier alpha value is -0.240. The SMILES string of the molecule is CCCCC(CN(CCN)CC(C)O)N(CCN)CCN. The summed E-state index contributed by atoms with van der Waals surface area (Å²) in [7, 11) is 0. The zero-order valence-corrected chi connectivity index (χ0v) is 14.0. The largest absolute Gasteiger partial charge is 0.392 e. The van der Waals surface area contributed by atoms with Crippen LogP contribution in [-0.2, 0) is 0 Å². The van der Waals surface area contributed by atoms with E-state index in [2.05, 4.69) is 16.7 Å². The Kier molecular flexibility index (Phi) is 13.3. The van der Waals surface area contributed by atoms with Crippen LogP contribution in [0.5, 0.6) is 0 Å². The highest BCUT2D eigenvalue weighted by Crippen LogP contribution is 2.11. The van der Waals surface area contributed by atoms with E-state index in [1.54, 1.807) is 0 Å². The van der Waals surface area contributed by atoms with Gasteiger partial charge in [0.05, 0.1) is 6.10 Å². The molecule has 0 bridgehead atoms. The van der Waals surface area contributed by atoms with Crippen LogP contribution in [0.2, 0.25) is 0 Å². The minimum absolute atomic E-state index is 0.333. The quantitative estimate of drug-likeness (QED) is 0.342. The van der Waals surface area contributed by atoms with Crippen molar-refractivity contribution in [3.05, 3.63) is 0 Å². The van der Waals surface area contributed by atoms with Crippen LogP contribution in [0.1, 0.15) is 33.1 Å². The lowest BCUT2D eigenvalue weighted by Crippen LogP contribution is -2.49. The van der Waals surface area contributed by atoms with Crippen molar-refractivity contribution in [3.8, 4) is 0 Å². The van der Waals surface area contributed by atoms with Gasteiger partial charge in [-0.3, -0.25) is 9.80 Å². The van der Waals surface area contributed by atoms with Gasteiger partial charge in [0.15, 0.2) is 0 Å². The molecular formula is C15H37N5O. The molecule has 0 saturated carbocycles. The van der Waals surface area contributed by atoms with Gasteiger partial charge in [-0.1, -0.05) is 19.8 Å². The van der Waals surface area contributed by atoms with Gasteiger partial charge in [0, 0.05) is 58.4 Å². The van der Waals surface area contributed by atoms with Gasteiger partial charge in [-0.25, -0.2) is 0 Å². The third-order valence-electron chi connectivity index (χ3n) is 3.68. The molecule has 0 aromatic heterocycles. The molecule has 0 aliphatic rings. The highest BCUT2D eigenvalue weighted by molar-refractivity contribution is 4.78. The molecule has 7 N–H and O–H groups in total. The van der Waals surface area contributed by atoms with Crippen molar-refractivity contribution in [1.29, 1.82) is 0 Å². The zero-order chi connectivity index (χ0) is 16.1. The Morgan fingerprint density at radius 2 is 1.52 bits per heavy atom. The average molecular weight is 303 g/mol. The molecule has 21 heavy (non-hydrogen) atoms. The maximum absolute atomic E-state index is 9.65. The average Bonchev–Trinajstić information content (AvgIpc) is 2.42. The molecule has 0 fully saturated rings. The predicted molar refractivity (Wildman–Crippen MR) is 90.2 cm³/mol. The summed E-state index contributed by atoms with van der Waals surface area (Å²) in [5.41, 5.74) is 17.2. The van der Waals surface area contributed by atoms with Crippen LogP contribution >= 0.6 is 0 Å². The summed E-state index contributed by atoms with van der Waals surface area (Å²) in [5, 5.41) is 9.65. The van der Waals surface area contributed by atoms with E-state index in [0.29, 0.717) is 32.2 Å². The molecule has 6 nitrogen and oxygen atoms in total. The molecule has 0 rings (SSSR count). The molecule has 0 saturated heterocycles. The number of aliphatic hydroxyl groups excluding tert-OH is 1. The van der Waals surface area contributed by atoms with Crippen molar-refractivity contribution in [1.82, 2.24) is 9.80 Å². The first kappa shape index (κ1) is 20.8. The number of nitrogens with two attached hydrogens (primary N) is 3. The Labute approximate surface area is 130 Å².